The molecule has 6 rings (SSSR count). The number of pyridine rings is 1. The van der Waals surface area contributed by atoms with Gasteiger partial charge >= 0.3 is 10.2 Å². The van der Waals surface area contributed by atoms with E-state index in [4.69, 9.17) is 9.72 Å². The lowest BCUT2D eigenvalue weighted by molar-refractivity contribution is -0.0846. The minimum absolute atomic E-state index is 0.0115. The summed E-state index contributed by atoms with van der Waals surface area (Å²) in [5, 5.41) is 11.5. The van der Waals surface area contributed by atoms with Gasteiger partial charge in [0.1, 0.15) is 11.0 Å². The Hall–Kier alpha value is -1.71. The second-order valence-electron chi connectivity index (χ2n) is 12.3. The molecule has 1 aliphatic heterocycles. The van der Waals surface area contributed by atoms with E-state index < -0.39 is 32.9 Å². The molecular formula is C28H34F5NO2S. The van der Waals surface area contributed by atoms with Gasteiger partial charge in [-0.2, -0.15) is 0 Å². The number of halogens is 5. The zero-order valence-electron chi connectivity index (χ0n) is 21.4. The third-order valence-electron chi connectivity index (χ3n) is 9.47. The maximum atomic E-state index is 13.4. The molecule has 0 radical (unpaired) electrons. The molecule has 2 fully saturated rings. The summed E-state index contributed by atoms with van der Waals surface area (Å²) >= 11 is 0. The lowest BCUT2D eigenvalue weighted by Gasteiger charge is -2.48. The molecule has 3 nitrogen and oxygen atoms in total. The molecule has 0 amide bonds. The van der Waals surface area contributed by atoms with Gasteiger partial charge in [-0.05, 0) is 85.5 Å². The van der Waals surface area contributed by atoms with E-state index in [1.165, 1.54) is 0 Å². The van der Waals surface area contributed by atoms with Crippen LogP contribution in [-0.4, -0.2) is 10.1 Å². The number of rotatable bonds is 3. The van der Waals surface area contributed by atoms with E-state index >= 15 is 0 Å². The standard InChI is InChI=1S/C28H34F5NO2S/c1-16(2)25-23-24(22-20(34-25)14-27(11-5-12-27)15-21(22)35)28(13-4-6-17(28)3)36-26(23)18-7-9-19(10-8-18)37(29,30,31,32)33/h7-10,16-17,21,26,35H,4-6,11-15H2,1-3H3. The van der Waals surface area contributed by atoms with Crippen LogP contribution in [0.4, 0.5) is 19.4 Å². The summed E-state index contributed by atoms with van der Waals surface area (Å²) in [5.41, 5.74) is 4.19. The fourth-order valence-electron chi connectivity index (χ4n) is 7.50. The van der Waals surface area contributed by atoms with Crippen LogP contribution in [0.1, 0.15) is 117 Å². The Morgan fingerprint density at radius 2 is 1.68 bits per heavy atom. The first-order valence-corrected chi connectivity index (χ1v) is 15.3. The molecule has 2 spiro atoms. The van der Waals surface area contributed by atoms with Crippen LogP contribution in [0.5, 0.6) is 0 Å². The number of aliphatic hydroxyl groups is 1. The van der Waals surface area contributed by atoms with Gasteiger partial charge in [0.15, 0.2) is 0 Å². The summed E-state index contributed by atoms with van der Waals surface area (Å²) in [4.78, 5) is 3.21. The Bertz CT molecular complexity index is 1270. The van der Waals surface area contributed by atoms with E-state index in [9.17, 15) is 24.5 Å². The van der Waals surface area contributed by atoms with Crippen LogP contribution in [0.3, 0.4) is 0 Å². The van der Waals surface area contributed by atoms with Crippen molar-refractivity contribution < 1.29 is 29.3 Å². The zero-order chi connectivity index (χ0) is 26.7. The molecule has 2 aromatic rings. The molecule has 2 saturated carbocycles. The summed E-state index contributed by atoms with van der Waals surface area (Å²) in [6, 6.07) is 3.17. The van der Waals surface area contributed by atoms with E-state index in [1.54, 1.807) is 0 Å². The molecular weight excluding hydrogens is 509 g/mol. The predicted octanol–water partition coefficient (Wildman–Crippen LogP) is 9.15. The maximum absolute atomic E-state index is 13.4. The molecule has 0 bridgehead atoms. The van der Waals surface area contributed by atoms with E-state index in [-0.39, 0.29) is 17.3 Å². The number of aromatic nitrogens is 1. The van der Waals surface area contributed by atoms with Crippen LogP contribution < -0.4 is 0 Å². The average Bonchev–Trinajstić information content (AvgIpc) is 3.31. The zero-order valence-corrected chi connectivity index (χ0v) is 22.2. The number of fused-ring (bicyclic) bond motifs is 4. The summed E-state index contributed by atoms with van der Waals surface area (Å²) in [5.74, 6) is 0.149. The van der Waals surface area contributed by atoms with Crippen molar-refractivity contribution in [2.45, 2.75) is 101 Å². The average molecular weight is 544 g/mol. The van der Waals surface area contributed by atoms with Crippen molar-refractivity contribution in [2.75, 3.05) is 0 Å². The van der Waals surface area contributed by atoms with Gasteiger partial charge in [-0.3, -0.25) is 4.98 Å². The molecule has 4 atom stereocenters. The fraction of sp³-hybridized carbons (Fsp3) is 0.607. The number of ether oxygens (including phenoxy) is 1. The molecule has 9 heteroatoms. The first kappa shape index (κ1) is 25.6. The normalized spacial score (nSPS) is 32.2. The van der Waals surface area contributed by atoms with E-state index in [1.807, 2.05) is 13.8 Å². The molecule has 37 heavy (non-hydrogen) atoms. The van der Waals surface area contributed by atoms with Crippen LogP contribution in [0, 0.1) is 11.3 Å². The first-order valence-electron chi connectivity index (χ1n) is 13.3. The number of aliphatic hydroxyl groups excluding tert-OH is 1. The number of hydrogen-bond acceptors (Lipinski definition) is 3. The third kappa shape index (κ3) is 3.86. The van der Waals surface area contributed by atoms with Crippen molar-refractivity contribution in [3.05, 3.63) is 57.9 Å². The summed E-state index contributed by atoms with van der Waals surface area (Å²) < 4.78 is 73.9. The quantitative estimate of drug-likeness (QED) is 0.393. The minimum atomic E-state index is -9.78. The lowest BCUT2D eigenvalue weighted by Crippen LogP contribution is -2.40. The molecule has 4 aliphatic rings. The summed E-state index contributed by atoms with van der Waals surface area (Å²) in [6.07, 6.45) is 6.03. The van der Waals surface area contributed by atoms with Gasteiger partial charge in [0.2, 0.25) is 0 Å². The van der Waals surface area contributed by atoms with Crippen LogP contribution in [0.15, 0.2) is 29.2 Å². The van der Waals surface area contributed by atoms with Gasteiger partial charge in [-0.25, -0.2) is 0 Å². The van der Waals surface area contributed by atoms with Gasteiger partial charge in [0.05, 0.1) is 11.7 Å². The lowest BCUT2D eigenvalue weighted by atomic mass is 9.58. The van der Waals surface area contributed by atoms with Crippen molar-refractivity contribution in [3.8, 4) is 0 Å². The monoisotopic (exact) mass is 543 g/mol. The highest BCUT2D eigenvalue weighted by Gasteiger charge is 2.65. The molecule has 1 aromatic heterocycles. The smallest absolute Gasteiger partial charge is 0.310 e. The Kier molecular flexibility index (Phi) is 5.02. The molecule has 204 valence electrons. The molecule has 2 heterocycles. The van der Waals surface area contributed by atoms with Crippen molar-refractivity contribution >= 4 is 10.2 Å². The van der Waals surface area contributed by atoms with Crippen molar-refractivity contribution in [1.82, 2.24) is 4.98 Å². The summed E-state index contributed by atoms with van der Waals surface area (Å²) in [7, 11) is -9.78. The second kappa shape index (κ2) is 7.27. The Balaban J connectivity index is 1.56. The van der Waals surface area contributed by atoms with Crippen molar-refractivity contribution in [3.63, 3.8) is 0 Å². The highest BCUT2D eigenvalue weighted by atomic mass is 32.5. The summed E-state index contributed by atoms with van der Waals surface area (Å²) in [6.45, 7) is 6.19. The van der Waals surface area contributed by atoms with E-state index in [2.05, 4.69) is 6.92 Å². The molecule has 0 saturated heterocycles. The predicted molar refractivity (Wildman–Crippen MR) is 133 cm³/mol. The molecule has 4 unspecified atom stereocenters. The van der Waals surface area contributed by atoms with E-state index in [0.717, 1.165) is 85.2 Å². The largest absolute Gasteiger partial charge is 0.388 e. The first-order chi connectivity index (χ1) is 17.0. The van der Waals surface area contributed by atoms with Crippen LogP contribution in [0.25, 0.3) is 0 Å². The van der Waals surface area contributed by atoms with Gasteiger partial charge in [-0.15, -0.1) is 0 Å². The third-order valence-corrected chi connectivity index (χ3v) is 10.6. The Labute approximate surface area is 214 Å². The Morgan fingerprint density at radius 1 is 1.00 bits per heavy atom. The van der Waals surface area contributed by atoms with Crippen LogP contribution in [-0.2, 0) is 16.8 Å². The van der Waals surface area contributed by atoms with Crippen LogP contribution >= 0.6 is 10.2 Å². The fourth-order valence-corrected chi connectivity index (χ4v) is 8.15. The van der Waals surface area contributed by atoms with Gasteiger partial charge in [0, 0.05) is 22.5 Å². The number of hydrogen-bond donors (Lipinski definition) is 1. The van der Waals surface area contributed by atoms with Gasteiger partial charge in [-0.1, -0.05) is 58.8 Å². The molecule has 1 N–H and O–H groups in total. The van der Waals surface area contributed by atoms with Crippen molar-refractivity contribution in [2.24, 2.45) is 11.3 Å². The minimum Gasteiger partial charge on any atom is -0.388 e. The van der Waals surface area contributed by atoms with E-state index in [0.29, 0.717) is 24.1 Å². The topological polar surface area (TPSA) is 42.4 Å². The number of nitrogens with zero attached hydrogens (tertiary/aromatic N) is 1. The van der Waals surface area contributed by atoms with Crippen molar-refractivity contribution in [1.29, 1.82) is 0 Å². The number of benzene rings is 1. The highest BCUT2D eigenvalue weighted by molar-refractivity contribution is 8.45. The highest BCUT2D eigenvalue weighted by Crippen LogP contribution is 3.02. The molecule has 1 aromatic carbocycles. The second-order valence-corrected chi connectivity index (χ2v) is 14.7. The van der Waals surface area contributed by atoms with Crippen LogP contribution in [0.2, 0.25) is 0 Å². The maximum Gasteiger partial charge on any atom is 0.310 e. The van der Waals surface area contributed by atoms with Gasteiger partial charge < -0.3 is 9.84 Å². The SMILES string of the molecule is CC(C)c1nc2c(c3c1C(c1ccc(S(F)(F)(F)(F)F)cc1)OC31CCCC1C)C(O)CC1(CCC1)C2. The van der Waals surface area contributed by atoms with Gasteiger partial charge in [0.25, 0.3) is 0 Å². The molecule has 3 aliphatic carbocycles. The Morgan fingerprint density at radius 3 is 2.19 bits per heavy atom.